The van der Waals surface area contributed by atoms with Crippen LogP contribution in [0.3, 0.4) is 0 Å². The maximum absolute atomic E-state index is 5.90. The van der Waals surface area contributed by atoms with E-state index in [2.05, 4.69) is 34.3 Å². The van der Waals surface area contributed by atoms with Crippen molar-refractivity contribution in [3.05, 3.63) is 66.1 Å². The van der Waals surface area contributed by atoms with E-state index in [0.29, 0.717) is 19.0 Å². The summed E-state index contributed by atoms with van der Waals surface area (Å²) in [7, 11) is 1.70. The van der Waals surface area contributed by atoms with Crippen LogP contribution in [0.25, 0.3) is 11.1 Å². The van der Waals surface area contributed by atoms with E-state index < -0.39 is 0 Å². The van der Waals surface area contributed by atoms with Gasteiger partial charge in [0.05, 0.1) is 19.3 Å². The highest BCUT2D eigenvalue weighted by Crippen LogP contribution is 2.23. The Bertz CT molecular complexity index is 749. The van der Waals surface area contributed by atoms with Crippen molar-refractivity contribution >= 4 is 5.82 Å². The molecule has 0 radical (unpaired) electrons. The summed E-state index contributed by atoms with van der Waals surface area (Å²) in [6.45, 7) is 1.35. The predicted octanol–water partition coefficient (Wildman–Crippen LogP) is 2.72. The third-order valence-corrected chi connectivity index (χ3v) is 3.46. The van der Waals surface area contributed by atoms with Crippen LogP contribution in [0.4, 0.5) is 5.82 Å². The zero-order valence-corrected chi connectivity index (χ0v) is 12.4. The van der Waals surface area contributed by atoms with Gasteiger partial charge in [-0.25, -0.2) is 4.98 Å². The van der Waals surface area contributed by atoms with Gasteiger partial charge in [0.25, 0.3) is 0 Å². The largest absolute Gasteiger partial charge is 0.383 e. The van der Waals surface area contributed by atoms with E-state index in [-0.39, 0.29) is 0 Å². The molecule has 112 valence electrons. The van der Waals surface area contributed by atoms with E-state index in [4.69, 9.17) is 10.5 Å². The van der Waals surface area contributed by atoms with Crippen molar-refractivity contribution in [1.82, 2.24) is 14.8 Å². The lowest BCUT2D eigenvalue weighted by Gasteiger charge is -2.04. The zero-order chi connectivity index (χ0) is 15.4. The minimum absolute atomic E-state index is 0.519. The first-order chi connectivity index (χ1) is 10.8. The normalized spacial score (nSPS) is 10.8. The summed E-state index contributed by atoms with van der Waals surface area (Å²) < 4.78 is 7.01. The summed E-state index contributed by atoms with van der Waals surface area (Å²) in [5, 5.41) is 4.40. The van der Waals surface area contributed by atoms with Crippen LogP contribution >= 0.6 is 0 Å². The second-order valence-corrected chi connectivity index (χ2v) is 5.11. The molecule has 22 heavy (non-hydrogen) atoms. The fourth-order valence-corrected chi connectivity index (χ4v) is 2.35. The molecule has 3 aromatic rings. The average molecular weight is 294 g/mol. The van der Waals surface area contributed by atoms with E-state index in [9.17, 15) is 0 Å². The van der Waals surface area contributed by atoms with Crippen LogP contribution in [0.2, 0.25) is 0 Å². The fraction of sp³-hybridized carbons (Fsp3) is 0.176. The highest BCUT2D eigenvalue weighted by molar-refractivity contribution is 5.72. The van der Waals surface area contributed by atoms with Crippen LogP contribution in [0.1, 0.15) is 11.1 Å². The first-order valence-electron chi connectivity index (χ1n) is 7.06. The second kappa shape index (κ2) is 6.41. The Kier molecular flexibility index (Phi) is 4.16. The molecule has 2 N–H and O–H groups in total. The van der Waals surface area contributed by atoms with E-state index in [0.717, 1.165) is 16.7 Å². The summed E-state index contributed by atoms with van der Waals surface area (Å²) in [4.78, 5) is 4.10. The predicted molar refractivity (Wildman–Crippen MR) is 86.1 cm³/mol. The van der Waals surface area contributed by atoms with Gasteiger partial charge < -0.3 is 10.5 Å². The molecule has 0 unspecified atom stereocenters. The number of nitrogens with two attached hydrogens (primary N) is 1. The third-order valence-electron chi connectivity index (χ3n) is 3.46. The van der Waals surface area contributed by atoms with Gasteiger partial charge in [0.15, 0.2) is 0 Å². The van der Waals surface area contributed by atoms with Gasteiger partial charge in [-0.1, -0.05) is 24.3 Å². The van der Waals surface area contributed by atoms with Crippen molar-refractivity contribution < 1.29 is 4.74 Å². The third kappa shape index (κ3) is 3.15. The zero-order valence-electron chi connectivity index (χ0n) is 12.4. The molecule has 0 aliphatic carbocycles. The topological polar surface area (TPSA) is 66.0 Å². The van der Waals surface area contributed by atoms with Gasteiger partial charge in [-0.15, -0.1) is 0 Å². The van der Waals surface area contributed by atoms with E-state index in [1.54, 1.807) is 13.3 Å². The molecule has 1 aromatic carbocycles. The van der Waals surface area contributed by atoms with Gasteiger partial charge in [0.2, 0.25) is 0 Å². The molecule has 0 saturated heterocycles. The molecule has 0 aliphatic heterocycles. The van der Waals surface area contributed by atoms with Crippen molar-refractivity contribution in [1.29, 1.82) is 0 Å². The number of ether oxygens (including phenoxy) is 1. The van der Waals surface area contributed by atoms with Crippen LogP contribution in [0, 0.1) is 0 Å². The maximum atomic E-state index is 5.90. The van der Waals surface area contributed by atoms with E-state index in [1.807, 2.05) is 29.2 Å². The van der Waals surface area contributed by atoms with Crippen LogP contribution < -0.4 is 5.73 Å². The molecular formula is C17H18N4O. The Balaban J connectivity index is 1.75. The van der Waals surface area contributed by atoms with Gasteiger partial charge in [-0.3, -0.25) is 4.68 Å². The molecule has 5 heteroatoms. The lowest BCUT2D eigenvalue weighted by Crippen LogP contribution is -2.00. The molecule has 0 bridgehead atoms. The molecule has 0 spiro atoms. The van der Waals surface area contributed by atoms with Crippen LogP contribution in [-0.4, -0.2) is 21.9 Å². The number of methoxy groups -OCH3 is 1. The number of nitrogen functional groups attached to an aromatic ring is 1. The van der Waals surface area contributed by atoms with Gasteiger partial charge in [-0.05, 0) is 23.3 Å². The standard InChI is InChI=1S/C17H18N4O/c1-22-12-14-6-4-13(5-7-14)10-21-11-15(9-20-21)16-3-2-8-19-17(16)18/h2-9,11H,10,12H2,1H3,(H2,18,19). The second-order valence-electron chi connectivity index (χ2n) is 5.11. The Morgan fingerprint density at radius 1 is 1.14 bits per heavy atom. The van der Waals surface area contributed by atoms with Gasteiger partial charge >= 0.3 is 0 Å². The minimum Gasteiger partial charge on any atom is -0.383 e. The van der Waals surface area contributed by atoms with Crippen LogP contribution in [0.15, 0.2) is 55.0 Å². The molecule has 0 aliphatic rings. The maximum Gasteiger partial charge on any atom is 0.131 e. The minimum atomic E-state index is 0.519. The summed E-state index contributed by atoms with van der Waals surface area (Å²) in [6.07, 6.45) is 5.48. The quantitative estimate of drug-likeness (QED) is 0.785. The lowest BCUT2D eigenvalue weighted by molar-refractivity contribution is 0.185. The number of nitrogens with zero attached hydrogens (tertiary/aromatic N) is 3. The average Bonchev–Trinajstić information content (AvgIpc) is 2.98. The van der Waals surface area contributed by atoms with Crippen molar-refractivity contribution in [2.75, 3.05) is 12.8 Å². The number of hydrogen-bond acceptors (Lipinski definition) is 4. The number of rotatable bonds is 5. The van der Waals surface area contributed by atoms with Gasteiger partial charge in [0.1, 0.15) is 5.82 Å². The highest BCUT2D eigenvalue weighted by Gasteiger charge is 2.06. The highest BCUT2D eigenvalue weighted by atomic mass is 16.5. The molecule has 0 fully saturated rings. The van der Waals surface area contributed by atoms with Crippen LogP contribution in [-0.2, 0) is 17.9 Å². The molecule has 3 rings (SSSR count). The first-order valence-corrected chi connectivity index (χ1v) is 7.06. The molecule has 0 saturated carbocycles. The van der Waals surface area contributed by atoms with Gasteiger partial charge in [-0.2, -0.15) is 5.10 Å². The van der Waals surface area contributed by atoms with Crippen molar-refractivity contribution in [2.45, 2.75) is 13.2 Å². The fourth-order valence-electron chi connectivity index (χ4n) is 2.35. The van der Waals surface area contributed by atoms with E-state index in [1.165, 1.54) is 5.56 Å². The molecule has 2 heterocycles. The SMILES string of the molecule is COCc1ccc(Cn2cc(-c3cccnc3N)cn2)cc1. The lowest BCUT2D eigenvalue weighted by atomic mass is 10.1. The molecular weight excluding hydrogens is 276 g/mol. The number of aromatic nitrogens is 3. The van der Waals surface area contributed by atoms with Crippen molar-refractivity contribution in [2.24, 2.45) is 0 Å². The Hall–Kier alpha value is -2.66. The first kappa shape index (κ1) is 14.3. The molecule has 5 nitrogen and oxygen atoms in total. The smallest absolute Gasteiger partial charge is 0.131 e. The number of anilines is 1. The Labute approximate surface area is 129 Å². The Morgan fingerprint density at radius 2 is 1.91 bits per heavy atom. The molecule has 0 amide bonds. The Morgan fingerprint density at radius 3 is 2.64 bits per heavy atom. The van der Waals surface area contributed by atoms with Crippen molar-refractivity contribution in [3.63, 3.8) is 0 Å². The van der Waals surface area contributed by atoms with Crippen LogP contribution in [0.5, 0.6) is 0 Å². The summed E-state index contributed by atoms with van der Waals surface area (Å²) >= 11 is 0. The molecule has 2 aromatic heterocycles. The van der Waals surface area contributed by atoms with E-state index >= 15 is 0 Å². The number of benzene rings is 1. The summed E-state index contributed by atoms with van der Waals surface area (Å²) in [5.41, 5.74) is 10.1. The number of hydrogen-bond donors (Lipinski definition) is 1. The summed E-state index contributed by atoms with van der Waals surface area (Å²) in [5.74, 6) is 0.519. The van der Waals surface area contributed by atoms with Gasteiger partial charge in [0, 0.05) is 30.6 Å². The monoisotopic (exact) mass is 294 g/mol. The summed E-state index contributed by atoms with van der Waals surface area (Å²) in [6, 6.07) is 12.1. The number of pyridine rings is 1. The molecule has 0 atom stereocenters. The van der Waals surface area contributed by atoms with Crippen molar-refractivity contribution in [3.8, 4) is 11.1 Å².